The smallest absolute Gasteiger partial charge is 0.00462 e. The van der Waals surface area contributed by atoms with Crippen LogP contribution in [-0.4, -0.2) is 13.1 Å². The third kappa shape index (κ3) is 3.80. The van der Waals surface area contributed by atoms with Crippen LogP contribution in [0, 0.1) is 5.92 Å². The molecule has 1 N–H and O–H groups in total. The van der Waals surface area contributed by atoms with Gasteiger partial charge in [0.05, 0.1) is 0 Å². The van der Waals surface area contributed by atoms with E-state index in [1.807, 2.05) is 0 Å². The fourth-order valence-electron chi connectivity index (χ4n) is 2.33. The van der Waals surface area contributed by atoms with E-state index in [2.05, 4.69) is 36.5 Å². The number of rotatable bonds is 3. The maximum Gasteiger partial charge on any atom is -0.00462 e. The SMILES string of the molecule is CCc1ccc(CC2CCNCC2)cc1.Cl. The van der Waals surface area contributed by atoms with Gasteiger partial charge in [-0.1, -0.05) is 31.2 Å². The average molecular weight is 240 g/mol. The second-order valence-corrected chi connectivity index (χ2v) is 4.57. The summed E-state index contributed by atoms with van der Waals surface area (Å²) < 4.78 is 0. The Hall–Kier alpha value is -0.530. The molecule has 2 rings (SSSR count). The Balaban J connectivity index is 0.00000128. The van der Waals surface area contributed by atoms with Crippen LogP contribution in [0.4, 0.5) is 0 Å². The van der Waals surface area contributed by atoms with Crippen molar-refractivity contribution in [1.82, 2.24) is 5.32 Å². The van der Waals surface area contributed by atoms with Crippen LogP contribution in [-0.2, 0) is 12.8 Å². The Labute approximate surface area is 105 Å². The number of benzene rings is 1. The number of aryl methyl sites for hydroxylation is 1. The molecule has 90 valence electrons. The van der Waals surface area contributed by atoms with E-state index in [4.69, 9.17) is 0 Å². The van der Waals surface area contributed by atoms with Crippen LogP contribution in [0.15, 0.2) is 24.3 Å². The van der Waals surface area contributed by atoms with Crippen molar-refractivity contribution in [3.8, 4) is 0 Å². The van der Waals surface area contributed by atoms with Crippen LogP contribution in [0.5, 0.6) is 0 Å². The fraction of sp³-hybridized carbons (Fsp3) is 0.571. The number of piperidine rings is 1. The molecule has 0 unspecified atom stereocenters. The number of hydrogen-bond acceptors (Lipinski definition) is 1. The molecule has 1 heterocycles. The molecule has 1 fully saturated rings. The fourth-order valence-corrected chi connectivity index (χ4v) is 2.33. The first-order valence-corrected chi connectivity index (χ1v) is 6.17. The quantitative estimate of drug-likeness (QED) is 0.854. The van der Waals surface area contributed by atoms with Gasteiger partial charge in [0.15, 0.2) is 0 Å². The van der Waals surface area contributed by atoms with Gasteiger partial charge in [-0.05, 0) is 55.8 Å². The molecule has 0 spiro atoms. The predicted octanol–water partition coefficient (Wildman–Crippen LogP) is 3.21. The Bertz CT molecular complexity index is 288. The van der Waals surface area contributed by atoms with Gasteiger partial charge in [-0.25, -0.2) is 0 Å². The molecule has 1 aliphatic rings. The van der Waals surface area contributed by atoms with E-state index in [1.54, 1.807) is 0 Å². The molecule has 0 aliphatic carbocycles. The summed E-state index contributed by atoms with van der Waals surface area (Å²) in [5.74, 6) is 0.902. The Morgan fingerprint density at radius 1 is 1.06 bits per heavy atom. The first-order valence-electron chi connectivity index (χ1n) is 6.17. The van der Waals surface area contributed by atoms with E-state index in [0.29, 0.717) is 0 Å². The van der Waals surface area contributed by atoms with Gasteiger partial charge in [0.2, 0.25) is 0 Å². The number of hydrogen-bond donors (Lipinski definition) is 1. The van der Waals surface area contributed by atoms with Crippen molar-refractivity contribution in [2.24, 2.45) is 5.92 Å². The monoisotopic (exact) mass is 239 g/mol. The van der Waals surface area contributed by atoms with Crippen molar-refractivity contribution >= 4 is 12.4 Å². The lowest BCUT2D eigenvalue weighted by atomic mass is 9.91. The molecule has 0 saturated carbocycles. The van der Waals surface area contributed by atoms with Gasteiger partial charge < -0.3 is 5.32 Å². The Morgan fingerprint density at radius 2 is 1.62 bits per heavy atom. The molecular formula is C14H22ClN. The zero-order chi connectivity index (χ0) is 10.5. The maximum absolute atomic E-state index is 3.42. The highest BCUT2D eigenvalue weighted by Crippen LogP contribution is 2.18. The highest BCUT2D eigenvalue weighted by atomic mass is 35.5. The average Bonchev–Trinajstić information content (AvgIpc) is 2.31. The van der Waals surface area contributed by atoms with E-state index in [0.717, 1.165) is 12.3 Å². The van der Waals surface area contributed by atoms with Crippen molar-refractivity contribution in [2.75, 3.05) is 13.1 Å². The standard InChI is InChI=1S/C14H21N.ClH/c1-2-12-3-5-13(6-4-12)11-14-7-9-15-10-8-14;/h3-6,14-15H,2,7-11H2,1H3;1H. The lowest BCUT2D eigenvalue weighted by Crippen LogP contribution is -2.28. The molecule has 1 aromatic rings. The third-order valence-corrected chi connectivity index (χ3v) is 3.41. The van der Waals surface area contributed by atoms with Gasteiger partial charge in [-0.3, -0.25) is 0 Å². The molecule has 0 radical (unpaired) electrons. The molecule has 0 atom stereocenters. The summed E-state index contributed by atoms with van der Waals surface area (Å²) in [6, 6.07) is 9.16. The molecule has 1 aromatic carbocycles. The van der Waals surface area contributed by atoms with Crippen molar-refractivity contribution in [1.29, 1.82) is 0 Å². The van der Waals surface area contributed by atoms with Gasteiger partial charge in [0, 0.05) is 0 Å². The highest BCUT2D eigenvalue weighted by molar-refractivity contribution is 5.85. The molecule has 0 aromatic heterocycles. The summed E-state index contributed by atoms with van der Waals surface area (Å²) in [5.41, 5.74) is 2.96. The van der Waals surface area contributed by atoms with E-state index >= 15 is 0 Å². The van der Waals surface area contributed by atoms with Crippen molar-refractivity contribution in [3.63, 3.8) is 0 Å². The molecule has 0 bridgehead atoms. The van der Waals surface area contributed by atoms with E-state index in [9.17, 15) is 0 Å². The van der Waals surface area contributed by atoms with E-state index in [-0.39, 0.29) is 12.4 Å². The summed E-state index contributed by atoms with van der Waals surface area (Å²) >= 11 is 0. The minimum atomic E-state index is 0. The molecule has 0 amide bonds. The van der Waals surface area contributed by atoms with Crippen LogP contribution in [0.3, 0.4) is 0 Å². The maximum atomic E-state index is 3.42. The van der Waals surface area contributed by atoms with Crippen LogP contribution in [0.2, 0.25) is 0 Å². The molecular weight excluding hydrogens is 218 g/mol. The summed E-state index contributed by atoms with van der Waals surface area (Å²) in [5, 5.41) is 3.42. The minimum absolute atomic E-state index is 0. The summed E-state index contributed by atoms with van der Waals surface area (Å²) in [6.45, 7) is 4.62. The Kier molecular flexibility index (Phi) is 5.86. The van der Waals surface area contributed by atoms with Gasteiger partial charge in [0.1, 0.15) is 0 Å². The first kappa shape index (κ1) is 13.5. The summed E-state index contributed by atoms with van der Waals surface area (Å²) in [7, 11) is 0. The van der Waals surface area contributed by atoms with Gasteiger partial charge >= 0.3 is 0 Å². The predicted molar refractivity (Wildman–Crippen MR) is 72.4 cm³/mol. The van der Waals surface area contributed by atoms with E-state index < -0.39 is 0 Å². The number of halogens is 1. The lowest BCUT2D eigenvalue weighted by Gasteiger charge is -2.22. The van der Waals surface area contributed by atoms with E-state index in [1.165, 1.54) is 43.5 Å². The zero-order valence-electron chi connectivity index (χ0n) is 10.0. The normalized spacial score (nSPS) is 16.8. The van der Waals surface area contributed by atoms with Crippen molar-refractivity contribution in [3.05, 3.63) is 35.4 Å². The largest absolute Gasteiger partial charge is 0.317 e. The zero-order valence-corrected chi connectivity index (χ0v) is 10.9. The van der Waals surface area contributed by atoms with Crippen molar-refractivity contribution in [2.45, 2.75) is 32.6 Å². The number of nitrogens with one attached hydrogen (secondary N) is 1. The summed E-state index contributed by atoms with van der Waals surface area (Å²) in [4.78, 5) is 0. The highest BCUT2D eigenvalue weighted by Gasteiger charge is 2.12. The molecule has 1 nitrogen and oxygen atoms in total. The van der Waals surface area contributed by atoms with Crippen LogP contribution in [0.1, 0.15) is 30.9 Å². The second-order valence-electron chi connectivity index (χ2n) is 4.57. The van der Waals surface area contributed by atoms with Gasteiger partial charge in [0.25, 0.3) is 0 Å². The first-order chi connectivity index (χ1) is 7.38. The van der Waals surface area contributed by atoms with Crippen LogP contribution >= 0.6 is 12.4 Å². The van der Waals surface area contributed by atoms with Gasteiger partial charge in [-0.15, -0.1) is 12.4 Å². The minimum Gasteiger partial charge on any atom is -0.317 e. The van der Waals surface area contributed by atoms with Crippen LogP contribution in [0.25, 0.3) is 0 Å². The molecule has 16 heavy (non-hydrogen) atoms. The second kappa shape index (κ2) is 6.93. The lowest BCUT2D eigenvalue weighted by molar-refractivity contribution is 0.372. The molecule has 1 saturated heterocycles. The topological polar surface area (TPSA) is 12.0 Å². The third-order valence-electron chi connectivity index (χ3n) is 3.41. The summed E-state index contributed by atoms with van der Waals surface area (Å²) in [6.07, 6.45) is 5.10. The Morgan fingerprint density at radius 3 is 2.19 bits per heavy atom. The molecule has 2 heteroatoms. The van der Waals surface area contributed by atoms with Gasteiger partial charge in [-0.2, -0.15) is 0 Å². The van der Waals surface area contributed by atoms with Crippen molar-refractivity contribution < 1.29 is 0 Å². The molecule has 1 aliphatic heterocycles. The van der Waals surface area contributed by atoms with Crippen LogP contribution < -0.4 is 5.32 Å².